The van der Waals surface area contributed by atoms with E-state index in [4.69, 9.17) is 5.73 Å². The first-order chi connectivity index (χ1) is 8.79. The molecule has 90 valence electrons. The number of nitrogen functional groups attached to an aromatic ring is 1. The van der Waals surface area contributed by atoms with E-state index in [1.807, 2.05) is 18.2 Å². The summed E-state index contributed by atoms with van der Waals surface area (Å²) in [6, 6.07) is 12.4. The molecule has 0 saturated heterocycles. The van der Waals surface area contributed by atoms with Crippen molar-refractivity contribution in [3.05, 3.63) is 54.6 Å². The van der Waals surface area contributed by atoms with Crippen LogP contribution in [-0.2, 0) is 6.42 Å². The summed E-state index contributed by atoms with van der Waals surface area (Å²) in [6.45, 7) is 3.80. The smallest absolute Gasteiger partial charge is 0.0582 e. The molecule has 2 aromatic rings. The maximum atomic E-state index is 6.05. The van der Waals surface area contributed by atoms with E-state index in [1.54, 1.807) is 11.8 Å². The largest absolute Gasteiger partial charge is 0.398 e. The fourth-order valence-electron chi connectivity index (χ4n) is 2.14. The maximum absolute atomic E-state index is 6.05. The molecule has 1 aliphatic rings. The molecule has 1 aliphatic heterocycles. The topological polar surface area (TPSA) is 38.0 Å². The second kappa shape index (κ2) is 4.42. The Morgan fingerprint density at radius 1 is 1.17 bits per heavy atom. The first-order valence-electron chi connectivity index (χ1n) is 5.86. The predicted octanol–water partition coefficient (Wildman–Crippen LogP) is 4.21. The molecule has 0 saturated carbocycles. The van der Waals surface area contributed by atoms with Crippen molar-refractivity contribution < 1.29 is 0 Å². The summed E-state index contributed by atoms with van der Waals surface area (Å²) in [7, 11) is 0. The molecule has 0 unspecified atom stereocenters. The summed E-state index contributed by atoms with van der Waals surface area (Å²) in [6.07, 6.45) is 2.67. The molecule has 0 spiro atoms. The first-order valence-corrected chi connectivity index (χ1v) is 6.67. The second-order valence-electron chi connectivity index (χ2n) is 4.22. The highest BCUT2D eigenvalue weighted by molar-refractivity contribution is 7.99. The van der Waals surface area contributed by atoms with Crippen LogP contribution in [-0.4, -0.2) is 0 Å². The minimum Gasteiger partial charge on any atom is -0.398 e. The standard InChI is InChI=1S/C15H14N2S/c1-2-5-10-11(16)8-9-14-15(10)17-12-6-3-4-7-13(12)18-14/h2-4,6-9,17H,1,5,16H2. The number of nitrogens with one attached hydrogen (secondary N) is 1. The van der Waals surface area contributed by atoms with Crippen molar-refractivity contribution in [1.29, 1.82) is 0 Å². The van der Waals surface area contributed by atoms with Crippen LogP contribution in [0.15, 0.2) is 58.8 Å². The van der Waals surface area contributed by atoms with Crippen LogP contribution in [0.3, 0.4) is 0 Å². The average Bonchev–Trinajstić information content (AvgIpc) is 2.40. The number of allylic oxidation sites excluding steroid dienone is 1. The van der Waals surface area contributed by atoms with Crippen molar-refractivity contribution in [3.63, 3.8) is 0 Å². The van der Waals surface area contributed by atoms with Crippen molar-refractivity contribution in [2.24, 2.45) is 0 Å². The minimum absolute atomic E-state index is 0.782. The SMILES string of the molecule is C=CCc1c(N)ccc2c1Nc1ccccc1S2. The number of anilines is 3. The first kappa shape index (κ1) is 11.2. The van der Waals surface area contributed by atoms with Crippen LogP contribution in [0.5, 0.6) is 0 Å². The van der Waals surface area contributed by atoms with Crippen molar-refractivity contribution in [2.75, 3.05) is 11.1 Å². The molecule has 0 atom stereocenters. The van der Waals surface area contributed by atoms with E-state index in [2.05, 4.69) is 36.2 Å². The summed E-state index contributed by atoms with van der Waals surface area (Å²) >= 11 is 1.78. The Kier molecular flexibility index (Phi) is 2.76. The lowest BCUT2D eigenvalue weighted by molar-refractivity contribution is 1.21. The summed E-state index contributed by atoms with van der Waals surface area (Å²) in [5.41, 5.74) is 10.3. The molecule has 2 nitrogen and oxygen atoms in total. The van der Waals surface area contributed by atoms with Crippen molar-refractivity contribution in [2.45, 2.75) is 16.2 Å². The van der Waals surface area contributed by atoms with Gasteiger partial charge in [-0.15, -0.1) is 6.58 Å². The molecule has 1 heterocycles. The monoisotopic (exact) mass is 254 g/mol. The van der Waals surface area contributed by atoms with Gasteiger partial charge in [0.05, 0.1) is 11.4 Å². The van der Waals surface area contributed by atoms with Crippen LogP contribution in [0, 0.1) is 0 Å². The number of rotatable bonds is 2. The fourth-order valence-corrected chi connectivity index (χ4v) is 3.17. The Balaban J connectivity index is 2.12. The van der Waals surface area contributed by atoms with Gasteiger partial charge in [-0.1, -0.05) is 30.0 Å². The number of benzene rings is 2. The second-order valence-corrected chi connectivity index (χ2v) is 5.31. The normalized spacial score (nSPS) is 12.2. The Hall–Kier alpha value is -1.87. The molecule has 0 amide bonds. The summed E-state index contributed by atoms with van der Waals surface area (Å²) in [5.74, 6) is 0. The molecule has 18 heavy (non-hydrogen) atoms. The lowest BCUT2D eigenvalue weighted by atomic mass is 10.1. The van der Waals surface area contributed by atoms with E-state index in [-0.39, 0.29) is 0 Å². The van der Waals surface area contributed by atoms with Gasteiger partial charge in [-0.3, -0.25) is 0 Å². The van der Waals surface area contributed by atoms with Crippen LogP contribution < -0.4 is 11.1 Å². The van der Waals surface area contributed by atoms with Gasteiger partial charge in [0.2, 0.25) is 0 Å². The van der Waals surface area contributed by atoms with E-state index < -0.39 is 0 Å². The van der Waals surface area contributed by atoms with Gasteiger partial charge in [0, 0.05) is 21.0 Å². The zero-order valence-electron chi connectivity index (χ0n) is 9.94. The van der Waals surface area contributed by atoms with E-state index in [0.717, 1.165) is 29.0 Å². The van der Waals surface area contributed by atoms with Gasteiger partial charge in [0.25, 0.3) is 0 Å². The summed E-state index contributed by atoms with van der Waals surface area (Å²) in [4.78, 5) is 2.47. The van der Waals surface area contributed by atoms with Crippen LogP contribution in [0.2, 0.25) is 0 Å². The van der Waals surface area contributed by atoms with E-state index in [1.165, 1.54) is 9.79 Å². The van der Waals surface area contributed by atoms with E-state index >= 15 is 0 Å². The molecule has 2 aromatic carbocycles. The van der Waals surface area contributed by atoms with Gasteiger partial charge in [-0.05, 0) is 30.7 Å². The van der Waals surface area contributed by atoms with Crippen molar-refractivity contribution >= 4 is 28.8 Å². The van der Waals surface area contributed by atoms with Crippen LogP contribution in [0.1, 0.15) is 5.56 Å². The molecule has 3 rings (SSSR count). The number of nitrogens with two attached hydrogens (primary N) is 1. The van der Waals surface area contributed by atoms with Crippen molar-refractivity contribution in [3.8, 4) is 0 Å². The van der Waals surface area contributed by atoms with Gasteiger partial charge in [-0.2, -0.15) is 0 Å². The van der Waals surface area contributed by atoms with Gasteiger partial charge < -0.3 is 11.1 Å². The molecule has 0 aromatic heterocycles. The molecule has 0 radical (unpaired) electrons. The fraction of sp³-hybridized carbons (Fsp3) is 0.0667. The Morgan fingerprint density at radius 2 is 2.00 bits per heavy atom. The van der Waals surface area contributed by atoms with Crippen LogP contribution in [0.4, 0.5) is 17.1 Å². The molecular formula is C15H14N2S. The molecule has 0 fully saturated rings. The third kappa shape index (κ3) is 1.77. The van der Waals surface area contributed by atoms with Gasteiger partial charge in [0.1, 0.15) is 0 Å². The summed E-state index contributed by atoms with van der Waals surface area (Å²) in [5, 5.41) is 3.49. The molecule has 3 heteroatoms. The average molecular weight is 254 g/mol. The Morgan fingerprint density at radius 3 is 2.83 bits per heavy atom. The lowest BCUT2D eigenvalue weighted by Crippen LogP contribution is -2.05. The number of para-hydroxylation sites is 1. The lowest BCUT2D eigenvalue weighted by Gasteiger charge is -2.24. The Labute approximate surface area is 111 Å². The molecule has 3 N–H and O–H groups in total. The Bertz CT molecular complexity index is 620. The number of fused-ring (bicyclic) bond motifs is 2. The quantitative estimate of drug-likeness (QED) is 0.531. The zero-order chi connectivity index (χ0) is 12.5. The highest BCUT2D eigenvalue weighted by Gasteiger charge is 2.18. The highest BCUT2D eigenvalue weighted by Crippen LogP contribution is 2.46. The minimum atomic E-state index is 0.782. The molecule has 0 bridgehead atoms. The van der Waals surface area contributed by atoms with Gasteiger partial charge in [-0.25, -0.2) is 0 Å². The number of hydrogen-bond donors (Lipinski definition) is 2. The third-order valence-corrected chi connectivity index (χ3v) is 4.16. The van der Waals surface area contributed by atoms with Crippen LogP contribution in [0.25, 0.3) is 0 Å². The van der Waals surface area contributed by atoms with Gasteiger partial charge in [0.15, 0.2) is 0 Å². The maximum Gasteiger partial charge on any atom is 0.0582 e. The molecule has 0 aliphatic carbocycles. The predicted molar refractivity (Wildman–Crippen MR) is 78.6 cm³/mol. The van der Waals surface area contributed by atoms with E-state index in [9.17, 15) is 0 Å². The third-order valence-electron chi connectivity index (χ3n) is 3.03. The zero-order valence-corrected chi connectivity index (χ0v) is 10.8. The summed E-state index contributed by atoms with van der Waals surface area (Å²) < 4.78 is 0. The van der Waals surface area contributed by atoms with Crippen LogP contribution >= 0.6 is 11.8 Å². The van der Waals surface area contributed by atoms with Gasteiger partial charge >= 0.3 is 0 Å². The number of hydrogen-bond acceptors (Lipinski definition) is 3. The van der Waals surface area contributed by atoms with Crippen molar-refractivity contribution in [1.82, 2.24) is 0 Å². The molecular weight excluding hydrogens is 240 g/mol. The van der Waals surface area contributed by atoms with E-state index in [0.29, 0.717) is 0 Å². The highest BCUT2D eigenvalue weighted by atomic mass is 32.2.